The van der Waals surface area contributed by atoms with Crippen molar-refractivity contribution < 1.29 is 25.0 Å². The third kappa shape index (κ3) is 10.2. The molecule has 9 heteroatoms. The summed E-state index contributed by atoms with van der Waals surface area (Å²) in [6, 6.07) is 9.10. The van der Waals surface area contributed by atoms with Gasteiger partial charge in [0.2, 0.25) is 0 Å². The zero-order chi connectivity index (χ0) is 24.6. The Morgan fingerprint density at radius 1 is 1.09 bits per heavy atom. The largest absolute Gasteiger partial charge is 0.375 e. The third-order valence-electron chi connectivity index (χ3n) is 6.57. The highest BCUT2D eigenvalue weighted by molar-refractivity contribution is 5.46. The second-order valence-corrected chi connectivity index (χ2v) is 8.97. The van der Waals surface area contributed by atoms with Gasteiger partial charge in [0.25, 0.3) is 0 Å². The fourth-order valence-electron chi connectivity index (χ4n) is 4.72. The summed E-state index contributed by atoms with van der Waals surface area (Å²) in [6.45, 7) is 9.44. The summed E-state index contributed by atoms with van der Waals surface area (Å²) in [5, 5.41) is 18.7. The van der Waals surface area contributed by atoms with E-state index in [1.54, 1.807) is 6.92 Å². The van der Waals surface area contributed by atoms with E-state index in [0.29, 0.717) is 6.61 Å². The molecule has 1 N–H and O–H groups in total. The lowest BCUT2D eigenvalue weighted by Gasteiger charge is -2.40. The highest BCUT2D eigenvalue weighted by atomic mass is 17.6. The number of rotatable bonds is 11. The molecule has 0 aromatic carbocycles. The van der Waals surface area contributed by atoms with E-state index in [4.69, 9.17) is 9.99 Å². The normalized spacial score (nSPS) is 17.5. The first-order valence-corrected chi connectivity index (χ1v) is 12.8. The maximum Gasteiger partial charge on any atom is 0.146 e. The topological polar surface area (TPSA) is 80.9 Å². The van der Waals surface area contributed by atoms with Crippen molar-refractivity contribution in [1.82, 2.24) is 19.4 Å². The average molecular weight is 489 g/mol. The number of ether oxygens (including phenoxy) is 1. The van der Waals surface area contributed by atoms with Crippen LogP contribution in [0.4, 0.5) is 0 Å². The van der Waals surface area contributed by atoms with Crippen LogP contribution < -0.4 is 0 Å². The molecule has 2 aromatic heterocycles. The van der Waals surface area contributed by atoms with Gasteiger partial charge in [0.15, 0.2) is 0 Å². The molecule has 3 heterocycles. The van der Waals surface area contributed by atoms with Gasteiger partial charge in [0.05, 0.1) is 17.8 Å². The number of fused-ring (bicyclic) bond motifs is 1. The van der Waals surface area contributed by atoms with Crippen molar-refractivity contribution in [2.75, 3.05) is 45.9 Å². The van der Waals surface area contributed by atoms with Crippen LogP contribution >= 0.6 is 0 Å². The van der Waals surface area contributed by atoms with Crippen LogP contribution in [0.3, 0.4) is 0 Å². The standard InChI is InChI=1S/C22H34N4O.C4H6O4/c1-2-8-21(9-3-1)25-15-13-24(14-16-25)11-6-7-17-27-19-20-18-22-10-4-5-12-26(22)23-20;1-2-3-4-6-8-7-5/h4-5,10,12,18,21H,1-3,6-9,11,13-17,19H2;5H,4H2,1H3. The van der Waals surface area contributed by atoms with Crippen molar-refractivity contribution in [3.63, 3.8) is 0 Å². The van der Waals surface area contributed by atoms with Crippen molar-refractivity contribution >= 4 is 5.52 Å². The molecule has 0 bridgehead atoms. The second-order valence-electron chi connectivity index (χ2n) is 8.97. The van der Waals surface area contributed by atoms with Gasteiger partial charge >= 0.3 is 0 Å². The number of piperazine rings is 1. The Morgan fingerprint density at radius 3 is 2.66 bits per heavy atom. The number of hydrogen-bond donors (Lipinski definition) is 1. The van der Waals surface area contributed by atoms with Gasteiger partial charge in [-0.2, -0.15) is 9.99 Å². The molecule has 0 amide bonds. The summed E-state index contributed by atoms with van der Waals surface area (Å²) in [5.74, 6) is 5.03. The van der Waals surface area contributed by atoms with Crippen molar-refractivity contribution in [1.29, 1.82) is 0 Å². The van der Waals surface area contributed by atoms with Gasteiger partial charge in [0.1, 0.15) is 6.61 Å². The Labute approximate surface area is 208 Å². The SMILES string of the molecule is CC#CCOOOO.c1ccn2nc(COCCCCN3CCN(C4CCCCC4)CC3)cc2c1. The molecule has 2 fully saturated rings. The summed E-state index contributed by atoms with van der Waals surface area (Å²) in [6.07, 6.45) is 11.6. The van der Waals surface area contributed by atoms with E-state index >= 15 is 0 Å². The van der Waals surface area contributed by atoms with Crippen LogP contribution in [0.2, 0.25) is 0 Å². The lowest BCUT2D eigenvalue weighted by Crippen LogP contribution is -2.50. The van der Waals surface area contributed by atoms with E-state index < -0.39 is 0 Å². The first-order chi connectivity index (χ1) is 17.3. The van der Waals surface area contributed by atoms with Crippen LogP contribution in [-0.2, 0) is 26.3 Å². The summed E-state index contributed by atoms with van der Waals surface area (Å²) < 4.78 is 7.74. The molecular weight excluding hydrogens is 448 g/mol. The lowest BCUT2D eigenvalue weighted by molar-refractivity contribution is -0.620. The fourth-order valence-corrected chi connectivity index (χ4v) is 4.72. The number of pyridine rings is 1. The molecule has 2 aromatic rings. The molecule has 1 aliphatic carbocycles. The molecule has 1 aliphatic heterocycles. The highest BCUT2D eigenvalue weighted by Gasteiger charge is 2.24. The minimum atomic E-state index is 0.0804. The zero-order valence-corrected chi connectivity index (χ0v) is 20.9. The molecule has 1 saturated heterocycles. The Kier molecular flexibility index (Phi) is 13.1. The van der Waals surface area contributed by atoms with Crippen molar-refractivity contribution in [3.05, 3.63) is 36.2 Å². The lowest BCUT2D eigenvalue weighted by atomic mass is 9.94. The van der Waals surface area contributed by atoms with Gasteiger partial charge in [-0.15, -0.1) is 5.92 Å². The summed E-state index contributed by atoms with van der Waals surface area (Å²) in [4.78, 5) is 9.48. The van der Waals surface area contributed by atoms with E-state index in [1.807, 2.05) is 22.8 Å². The quantitative estimate of drug-likeness (QED) is 0.220. The van der Waals surface area contributed by atoms with E-state index in [2.05, 4.69) is 53.8 Å². The Bertz CT molecular complexity index is 849. The Morgan fingerprint density at radius 2 is 1.91 bits per heavy atom. The van der Waals surface area contributed by atoms with Crippen molar-refractivity contribution in [2.45, 2.75) is 64.5 Å². The number of nitrogens with zero attached hydrogens (tertiary/aromatic N) is 4. The van der Waals surface area contributed by atoms with Crippen LogP contribution in [-0.4, -0.2) is 76.7 Å². The van der Waals surface area contributed by atoms with E-state index in [0.717, 1.165) is 30.3 Å². The molecule has 35 heavy (non-hydrogen) atoms. The molecule has 0 unspecified atom stereocenters. The van der Waals surface area contributed by atoms with Gasteiger partial charge in [-0.05, 0) is 67.4 Å². The van der Waals surface area contributed by atoms with Crippen molar-refractivity contribution in [2.24, 2.45) is 0 Å². The first kappa shape index (κ1) is 27.6. The minimum Gasteiger partial charge on any atom is -0.375 e. The van der Waals surface area contributed by atoms with Crippen LogP contribution in [0.1, 0.15) is 57.6 Å². The predicted molar refractivity (Wildman–Crippen MR) is 133 cm³/mol. The molecule has 0 spiro atoms. The second kappa shape index (κ2) is 16.6. The van der Waals surface area contributed by atoms with Crippen LogP contribution in [0.15, 0.2) is 30.5 Å². The number of aromatic nitrogens is 2. The maximum atomic E-state index is 7.47. The summed E-state index contributed by atoms with van der Waals surface area (Å²) >= 11 is 0. The van der Waals surface area contributed by atoms with E-state index in [-0.39, 0.29) is 6.61 Å². The monoisotopic (exact) mass is 488 g/mol. The molecule has 1 saturated carbocycles. The number of hydrogen-bond acceptors (Lipinski definition) is 8. The van der Waals surface area contributed by atoms with E-state index in [9.17, 15) is 0 Å². The molecule has 9 nitrogen and oxygen atoms in total. The van der Waals surface area contributed by atoms with Gasteiger partial charge < -0.3 is 9.64 Å². The molecule has 194 valence electrons. The number of unbranched alkanes of at least 4 members (excludes halogenated alkanes) is 1. The van der Waals surface area contributed by atoms with Gasteiger partial charge in [0, 0.05) is 45.0 Å². The van der Waals surface area contributed by atoms with Gasteiger partial charge in [-0.25, -0.2) is 9.77 Å². The highest BCUT2D eigenvalue weighted by Crippen LogP contribution is 2.23. The Hall–Kier alpha value is -2.03. The van der Waals surface area contributed by atoms with Crippen LogP contribution in [0.5, 0.6) is 0 Å². The van der Waals surface area contributed by atoms with Crippen LogP contribution in [0, 0.1) is 11.8 Å². The van der Waals surface area contributed by atoms with Gasteiger partial charge in [-0.1, -0.05) is 31.2 Å². The molecule has 0 atom stereocenters. The molecule has 2 aliphatic rings. The van der Waals surface area contributed by atoms with E-state index in [1.165, 1.54) is 71.2 Å². The molecular formula is C26H40N4O5. The fraction of sp³-hybridized carbons (Fsp3) is 0.654. The summed E-state index contributed by atoms with van der Waals surface area (Å²) in [7, 11) is 0. The van der Waals surface area contributed by atoms with Crippen molar-refractivity contribution in [3.8, 4) is 11.8 Å². The first-order valence-electron chi connectivity index (χ1n) is 12.8. The minimum absolute atomic E-state index is 0.0804. The van der Waals surface area contributed by atoms with Gasteiger partial charge in [-0.3, -0.25) is 4.90 Å². The maximum absolute atomic E-state index is 7.47. The predicted octanol–water partition coefficient (Wildman–Crippen LogP) is 3.94. The average Bonchev–Trinajstić information content (AvgIpc) is 3.33. The Balaban J connectivity index is 0.000000371. The zero-order valence-electron chi connectivity index (χ0n) is 20.9. The molecule has 0 radical (unpaired) electrons. The van der Waals surface area contributed by atoms with Crippen LogP contribution in [0.25, 0.3) is 5.52 Å². The summed E-state index contributed by atoms with van der Waals surface area (Å²) in [5.41, 5.74) is 2.14. The smallest absolute Gasteiger partial charge is 0.146 e. The molecule has 4 rings (SSSR count). The third-order valence-corrected chi connectivity index (χ3v) is 6.57.